The van der Waals surface area contributed by atoms with Crippen LogP contribution in [0.3, 0.4) is 0 Å². The maximum Gasteiger partial charge on any atom is 0.260 e. The molecule has 0 aliphatic rings. The summed E-state index contributed by atoms with van der Waals surface area (Å²) in [6.07, 6.45) is 0. The highest BCUT2D eigenvalue weighted by atomic mass is 32.2. The van der Waals surface area contributed by atoms with Crippen LogP contribution in [-0.2, 0) is 0 Å². The molecule has 4 rings (SSSR count). The second-order valence-electron chi connectivity index (χ2n) is 6.12. The van der Waals surface area contributed by atoms with Gasteiger partial charge in [0.05, 0.1) is 5.39 Å². The van der Waals surface area contributed by atoms with Crippen LogP contribution in [0.15, 0.2) is 70.6 Å². The standard InChI is InChI=1S/C21H18N2OS2/c1-13(15-9-5-3-6-10-15)26-21-22-19(24)18-17(14(2)25-20(18)23-21)16-11-7-4-8-12-16/h3-13H,1-2H3,(H,22,23,24)/t13-/m1/s1. The molecule has 3 nitrogen and oxygen atoms in total. The average molecular weight is 379 g/mol. The van der Waals surface area contributed by atoms with Gasteiger partial charge in [0.25, 0.3) is 5.56 Å². The molecular weight excluding hydrogens is 360 g/mol. The van der Waals surface area contributed by atoms with Crippen LogP contribution in [0.4, 0.5) is 0 Å². The van der Waals surface area contributed by atoms with Gasteiger partial charge in [-0.2, -0.15) is 0 Å². The summed E-state index contributed by atoms with van der Waals surface area (Å²) < 4.78 is 0. The van der Waals surface area contributed by atoms with E-state index in [1.54, 1.807) is 23.1 Å². The fraction of sp³-hybridized carbons (Fsp3) is 0.143. The van der Waals surface area contributed by atoms with E-state index < -0.39 is 0 Å². The van der Waals surface area contributed by atoms with Gasteiger partial charge in [-0.1, -0.05) is 72.4 Å². The van der Waals surface area contributed by atoms with Gasteiger partial charge in [0.15, 0.2) is 5.16 Å². The Kier molecular flexibility index (Phi) is 4.66. The maximum atomic E-state index is 12.8. The van der Waals surface area contributed by atoms with Crippen molar-refractivity contribution in [2.45, 2.75) is 24.3 Å². The molecule has 0 amide bonds. The summed E-state index contributed by atoms with van der Waals surface area (Å²) in [6.45, 7) is 4.17. The first-order chi connectivity index (χ1) is 12.6. The molecule has 2 heterocycles. The first-order valence-corrected chi connectivity index (χ1v) is 10.1. The summed E-state index contributed by atoms with van der Waals surface area (Å²) >= 11 is 3.16. The smallest absolute Gasteiger partial charge is 0.260 e. The van der Waals surface area contributed by atoms with Crippen molar-refractivity contribution < 1.29 is 0 Å². The molecule has 0 radical (unpaired) electrons. The summed E-state index contributed by atoms with van der Waals surface area (Å²) in [6, 6.07) is 20.3. The molecule has 0 bridgehead atoms. The van der Waals surface area contributed by atoms with E-state index in [1.165, 1.54) is 5.56 Å². The number of aromatic amines is 1. The van der Waals surface area contributed by atoms with E-state index in [9.17, 15) is 4.79 Å². The van der Waals surface area contributed by atoms with Gasteiger partial charge in [-0.3, -0.25) is 4.79 Å². The number of benzene rings is 2. The zero-order valence-corrected chi connectivity index (χ0v) is 16.2. The normalized spacial score (nSPS) is 12.4. The molecule has 0 unspecified atom stereocenters. The topological polar surface area (TPSA) is 45.8 Å². The Morgan fingerprint density at radius 2 is 1.69 bits per heavy atom. The van der Waals surface area contributed by atoms with E-state index in [1.807, 2.05) is 55.5 Å². The zero-order valence-electron chi connectivity index (χ0n) is 14.5. The Balaban J connectivity index is 1.76. The van der Waals surface area contributed by atoms with Gasteiger partial charge in [0.1, 0.15) is 4.83 Å². The highest BCUT2D eigenvalue weighted by molar-refractivity contribution is 7.99. The first kappa shape index (κ1) is 17.1. The summed E-state index contributed by atoms with van der Waals surface area (Å²) in [5.41, 5.74) is 3.20. The lowest BCUT2D eigenvalue weighted by Gasteiger charge is -2.10. The van der Waals surface area contributed by atoms with Gasteiger partial charge in [0, 0.05) is 15.7 Å². The molecule has 5 heteroatoms. The number of thioether (sulfide) groups is 1. The van der Waals surface area contributed by atoms with Crippen LogP contribution < -0.4 is 5.56 Å². The van der Waals surface area contributed by atoms with Crippen LogP contribution in [-0.4, -0.2) is 9.97 Å². The number of aryl methyl sites for hydroxylation is 1. The lowest BCUT2D eigenvalue weighted by molar-refractivity contribution is 0.963. The number of rotatable bonds is 4. The van der Waals surface area contributed by atoms with E-state index in [0.717, 1.165) is 20.8 Å². The molecule has 2 aromatic heterocycles. The van der Waals surface area contributed by atoms with E-state index in [2.05, 4.69) is 24.0 Å². The quantitative estimate of drug-likeness (QED) is 0.360. The minimum absolute atomic E-state index is 0.0686. The van der Waals surface area contributed by atoms with Crippen molar-refractivity contribution in [2.75, 3.05) is 0 Å². The molecule has 2 aromatic carbocycles. The SMILES string of the molecule is Cc1sc2nc(S[C@H](C)c3ccccc3)[nH]c(=O)c2c1-c1ccccc1. The third kappa shape index (κ3) is 3.20. The van der Waals surface area contributed by atoms with Gasteiger partial charge >= 0.3 is 0 Å². The molecule has 4 aromatic rings. The number of fused-ring (bicyclic) bond motifs is 1. The molecule has 0 saturated heterocycles. The molecule has 0 aliphatic carbocycles. The van der Waals surface area contributed by atoms with E-state index in [0.29, 0.717) is 10.5 Å². The Morgan fingerprint density at radius 3 is 2.38 bits per heavy atom. The van der Waals surface area contributed by atoms with Gasteiger partial charge in [-0.05, 0) is 25.0 Å². The first-order valence-electron chi connectivity index (χ1n) is 8.44. The number of hydrogen-bond donors (Lipinski definition) is 1. The molecule has 0 saturated carbocycles. The van der Waals surface area contributed by atoms with E-state index in [-0.39, 0.29) is 10.8 Å². The van der Waals surface area contributed by atoms with Crippen molar-refractivity contribution >= 4 is 33.3 Å². The van der Waals surface area contributed by atoms with Gasteiger partial charge in [-0.15, -0.1) is 11.3 Å². The maximum absolute atomic E-state index is 12.8. The Morgan fingerprint density at radius 1 is 1.04 bits per heavy atom. The third-order valence-electron chi connectivity index (χ3n) is 4.34. The predicted octanol–water partition coefficient (Wildman–Crippen LogP) is 5.81. The lowest BCUT2D eigenvalue weighted by atomic mass is 10.0. The van der Waals surface area contributed by atoms with Gasteiger partial charge in [-0.25, -0.2) is 4.98 Å². The number of H-pyrrole nitrogens is 1. The summed E-state index contributed by atoms with van der Waals surface area (Å²) in [5.74, 6) is 0. The van der Waals surface area contributed by atoms with Crippen LogP contribution >= 0.6 is 23.1 Å². The van der Waals surface area contributed by atoms with E-state index in [4.69, 9.17) is 4.98 Å². The van der Waals surface area contributed by atoms with Crippen LogP contribution in [0, 0.1) is 6.92 Å². The Bertz CT molecular complexity index is 1100. The number of aromatic nitrogens is 2. The van der Waals surface area contributed by atoms with Crippen molar-refractivity contribution in [3.8, 4) is 11.1 Å². The number of hydrogen-bond acceptors (Lipinski definition) is 4. The van der Waals surface area contributed by atoms with Gasteiger partial charge in [0.2, 0.25) is 0 Å². The molecule has 0 spiro atoms. The predicted molar refractivity (Wildman–Crippen MR) is 111 cm³/mol. The lowest BCUT2D eigenvalue weighted by Crippen LogP contribution is -2.09. The largest absolute Gasteiger partial charge is 0.301 e. The van der Waals surface area contributed by atoms with Crippen LogP contribution in [0.1, 0.15) is 22.6 Å². The molecule has 130 valence electrons. The molecule has 0 aliphatic heterocycles. The molecule has 1 atom stereocenters. The second-order valence-corrected chi connectivity index (χ2v) is 8.65. The van der Waals surface area contributed by atoms with Crippen molar-refractivity contribution in [2.24, 2.45) is 0 Å². The molecule has 1 N–H and O–H groups in total. The average Bonchev–Trinajstić information content (AvgIpc) is 2.99. The number of nitrogens with one attached hydrogen (secondary N) is 1. The zero-order chi connectivity index (χ0) is 18.1. The number of thiophene rings is 1. The highest BCUT2D eigenvalue weighted by Gasteiger charge is 2.17. The minimum Gasteiger partial charge on any atom is -0.301 e. The molecular formula is C21H18N2OS2. The monoisotopic (exact) mass is 378 g/mol. The van der Waals surface area contributed by atoms with Crippen molar-refractivity contribution in [1.82, 2.24) is 9.97 Å². The minimum atomic E-state index is -0.0686. The van der Waals surface area contributed by atoms with Crippen molar-refractivity contribution in [3.05, 3.63) is 81.5 Å². The second kappa shape index (κ2) is 7.09. The molecule has 26 heavy (non-hydrogen) atoms. The fourth-order valence-corrected chi connectivity index (χ4v) is 5.09. The highest BCUT2D eigenvalue weighted by Crippen LogP contribution is 2.37. The van der Waals surface area contributed by atoms with Crippen LogP contribution in [0.25, 0.3) is 21.3 Å². The van der Waals surface area contributed by atoms with E-state index >= 15 is 0 Å². The Labute approximate surface area is 160 Å². The summed E-state index contributed by atoms with van der Waals surface area (Å²) in [7, 11) is 0. The van der Waals surface area contributed by atoms with Crippen molar-refractivity contribution in [1.29, 1.82) is 0 Å². The fourth-order valence-electron chi connectivity index (χ4n) is 3.07. The Hall–Kier alpha value is -2.37. The van der Waals surface area contributed by atoms with Crippen molar-refractivity contribution in [3.63, 3.8) is 0 Å². The number of nitrogens with zero attached hydrogens (tertiary/aromatic N) is 1. The van der Waals surface area contributed by atoms with Crippen LogP contribution in [0.2, 0.25) is 0 Å². The van der Waals surface area contributed by atoms with Crippen LogP contribution in [0.5, 0.6) is 0 Å². The third-order valence-corrected chi connectivity index (χ3v) is 6.38. The summed E-state index contributed by atoms with van der Waals surface area (Å²) in [5, 5.41) is 1.57. The molecule has 0 fully saturated rings. The summed E-state index contributed by atoms with van der Waals surface area (Å²) in [4.78, 5) is 22.4. The van der Waals surface area contributed by atoms with Gasteiger partial charge < -0.3 is 4.98 Å².